The molecule has 0 saturated heterocycles. The molecule has 0 spiro atoms. The highest BCUT2D eigenvalue weighted by Gasteiger charge is 2.20. The van der Waals surface area contributed by atoms with Gasteiger partial charge in [-0.2, -0.15) is 11.8 Å². The van der Waals surface area contributed by atoms with Crippen LogP contribution in [0.2, 0.25) is 0 Å². The summed E-state index contributed by atoms with van der Waals surface area (Å²) in [6.07, 6.45) is 2.38. The monoisotopic (exact) mass is 279 g/mol. The first-order valence-electron chi connectivity index (χ1n) is 7.34. The smallest absolute Gasteiger partial charge is 0.122 e. The van der Waals surface area contributed by atoms with Crippen LogP contribution in [0.1, 0.15) is 38.2 Å². The molecule has 2 atom stereocenters. The summed E-state index contributed by atoms with van der Waals surface area (Å²) in [5.74, 6) is 4.16. The summed E-state index contributed by atoms with van der Waals surface area (Å²) in [6, 6.07) is 9.07. The number of nitrogens with one attached hydrogen (secondary N) is 1. The molecule has 0 fully saturated rings. The van der Waals surface area contributed by atoms with Gasteiger partial charge in [0.05, 0.1) is 6.61 Å². The van der Waals surface area contributed by atoms with Crippen LogP contribution in [-0.4, -0.2) is 30.7 Å². The van der Waals surface area contributed by atoms with E-state index in [1.807, 2.05) is 11.8 Å². The molecule has 3 heteroatoms. The van der Waals surface area contributed by atoms with Gasteiger partial charge in [-0.05, 0) is 42.9 Å². The zero-order valence-electron chi connectivity index (χ0n) is 12.0. The molecular formula is C16H25NOS. The average Bonchev–Trinajstić information content (AvgIpc) is 2.45. The Balaban J connectivity index is 1.80. The molecule has 0 aromatic heterocycles. The summed E-state index contributed by atoms with van der Waals surface area (Å²) in [4.78, 5) is 0. The Labute approximate surface area is 121 Å². The van der Waals surface area contributed by atoms with Crippen LogP contribution < -0.4 is 10.1 Å². The minimum atomic E-state index is 0.603. The van der Waals surface area contributed by atoms with Gasteiger partial charge in [0.25, 0.3) is 0 Å². The first-order valence-corrected chi connectivity index (χ1v) is 8.49. The van der Waals surface area contributed by atoms with Crippen LogP contribution in [0.4, 0.5) is 0 Å². The van der Waals surface area contributed by atoms with Crippen molar-refractivity contribution in [2.45, 2.75) is 38.6 Å². The third kappa shape index (κ3) is 4.43. The highest BCUT2D eigenvalue weighted by Crippen LogP contribution is 2.32. The van der Waals surface area contributed by atoms with Gasteiger partial charge in [0.15, 0.2) is 0 Å². The van der Waals surface area contributed by atoms with Crippen molar-refractivity contribution in [2.75, 3.05) is 24.7 Å². The maximum atomic E-state index is 5.71. The summed E-state index contributed by atoms with van der Waals surface area (Å²) in [6.45, 7) is 6.44. The lowest BCUT2D eigenvalue weighted by Gasteiger charge is -2.27. The van der Waals surface area contributed by atoms with Crippen LogP contribution in [0, 0.1) is 0 Å². The van der Waals surface area contributed by atoms with Gasteiger partial charge in [-0.3, -0.25) is 0 Å². The number of fused-ring (bicyclic) bond motifs is 1. The predicted octanol–water partition coefficient (Wildman–Crippen LogP) is 3.67. The molecule has 1 N–H and O–H groups in total. The molecule has 0 saturated carbocycles. The zero-order chi connectivity index (χ0) is 13.5. The van der Waals surface area contributed by atoms with Gasteiger partial charge in [0.1, 0.15) is 5.75 Å². The number of para-hydroxylation sites is 1. The molecular weight excluding hydrogens is 254 g/mol. The lowest BCUT2D eigenvalue weighted by molar-refractivity contribution is 0.262. The largest absolute Gasteiger partial charge is 0.493 e. The van der Waals surface area contributed by atoms with E-state index >= 15 is 0 Å². The van der Waals surface area contributed by atoms with E-state index < -0.39 is 0 Å². The first kappa shape index (κ1) is 14.7. The molecule has 106 valence electrons. The lowest BCUT2D eigenvalue weighted by atomic mass is 9.93. The molecule has 1 heterocycles. The topological polar surface area (TPSA) is 21.3 Å². The van der Waals surface area contributed by atoms with Crippen LogP contribution >= 0.6 is 11.8 Å². The van der Waals surface area contributed by atoms with Gasteiger partial charge in [-0.1, -0.05) is 25.1 Å². The van der Waals surface area contributed by atoms with E-state index in [2.05, 4.69) is 43.4 Å². The third-order valence-corrected chi connectivity index (χ3v) is 4.63. The Bertz CT molecular complexity index is 383. The Hall–Kier alpha value is -0.670. The Morgan fingerprint density at radius 2 is 2.26 bits per heavy atom. The molecule has 1 aromatic carbocycles. The molecule has 1 aliphatic heterocycles. The van der Waals surface area contributed by atoms with E-state index in [0.29, 0.717) is 12.0 Å². The molecule has 1 aliphatic rings. The Morgan fingerprint density at radius 3 is 3.11 bits per heavy atom. The fourth-order valence-corrected chi connectivity index (χ4v) is 3.29. The lowest BCUT2D eigenvalue weighted by Crippen LogP contribution is -2.32. The quantitative estimate of drug-likeness (QED) is 0.769. The van der Waals surface area contributed by atoms with Crippen LogP contribution in [-0.2, 0) is 0 Å². The van der Waals surface area contributed by atoms with Gasteiger partial charge in [0.2, 0.25) is 0 Å². The van der Waals surface area contributed by atoms with Crippen LogP contribution in [0.3, 0.4) is 0 Å². The SMILES string of the molecule is CCSCCC(C)NCC1CCOc2ccccc21. The molecule has 0 aliphatic carbocycles. The molecule has 2 nitrogen and oxygen atoms in total. The van der Waals surface area contributed by atoms with E-state index in [1.54, 1.807) is 0 Å². The summed E-state index contributed by atoms with van der Waals surface area (Å²) in [5.41, 5.74) is 1.37. The minimum Gasteiger partial charge on any atom is -0.493 e. The number of ether oxygens (including phenoxy) is 1. The average molecular weight is 279 g/mol. The number of rotatable bonds is 7. The number of benzene rings is 1. The van der Waals surface area contributed by atoms with Crippen molar-refractivity contribution in [3.63, 3.8) is 0 Å². The molecule has 19 heavy (non-hydrogen) atoms. The fourth-order valence-electron chi connectivity index (χ4n) is 2.48. The second-order valence-corrected chi connectivity index (χ2v) is 6.56. The molecule has 0 radical (unpaired) electrons. The highest BCUT2D eigenvalue weighted by atomic mass is 32.2. The summed E-state index contributed by atoms with van der Waals surface area (Å²) < 4.78 is 5.71. The van der Waals surface area contributed by atoms with E-state index in [1.165, 1.54) is 23.5 Å². The summed E-state index contributed by atoms with van der Waals surface area (Å²) >= 11 is 2.03. The van der Waals surface area contributed by atoms with Crippen molar-refractivity contribution < 1.29 is 4.74 Å². The summed E-state index contributed by atoms with van der Waals surface area (Å²) in [7, 11) is 0. The van der Waals surface area contributed by atoms with Crippen molar-refractivity contribution in [3.05, 3.63) is 29.8 Å². The van der Waals surface area contributed by atoms with E-state index in [-0.39, 0.29) is 0 Å². The van der Waals surface area contributed by atoms with Crippen molar-refractivity contribution in [1.29, 1.82) is 0 Å². The van der Waals surface area contributed by atoms with Gasteiger partial charge in [0, 0.05) is 18.5 Å². The second kappa shape index (κ2) is 7.81. The summed E-state index contributed by atoms with van der Waals surface area (Å²) in [5, 5.41) is 3.68. The molecule has 2 unspecified atom stereocenters. The Kier molecular flexibility index (Phi) is 6.05. The molecule has 0 bridgehead atoms. The fraction of sp³-hybridized carbons (Fsp3) is 0.625. The van der Waals surface area contributed by atoms with E-state index in [0.717, 1.165) is 25.3 Å². The second-order valence-electron chi connectivity index (χ2n) is 5.17. The van der Waals surface area contributed by atoms with Crippen LogP contribution in [0.25, 0.3) is 0 Å². The Morgan fingerprint density at radius 1 is 1.42 bits per heavy atom. The minimum absolute atomic E-state index is 0.603. The standard InChI is InChI=1S/C16H25NOS/c1-3-19-11-9-13(2)17-12-14-8-10-18-16-7-5-4-6-15(14)16/h4-7,13-14,17H,3,8-12H2,1-2H3. The maximum Gasteiger partial charge on any atom is 0.122 e. The van der Waals surface area contributed by atoms with Crippen LogP contribution in [0.5, 0.6) is 5.75 Å². The number of hydrogen-bond acceptors (Lipinski definition) is 3. The third-order valence-electron chi connectivity index (χ3n) is 3.69. The van der Waals surface area contributed by atoms with Crippen molar-refractivity contribution in [1.82, 2.24) is 5.32 Å². The van der Waals surface area contributed by atoms with Gasteiger partial charge in [-0.25, -0.2) is 0 Å². The van der Waals surface area contributed by atoms with Crippen LogP contribution in [0.15, 0.2) is 24.3 Å². The molecule has 1 aromatic rings. The van der Waals surface area contributed by atoms with Gasteiger partial charge in [-0.15, -0.1) is 0 Å². The van der Waals surface area contributed by atoms with E-state index in [9.17, 15) is 0 Å². The van der Waals surface area contributed by atoms with Gasteiger partial charge < -0.3 is 10.1 Å². The molecule has 2 rings (SSSR count). The maximum absolute atomic E-state index is 5.71. The highest BCUT2D eigenvalue weighted by molar-refractivity contribution is 7.99. The van der Waals surface area contributed by atoms with Gasteiger partial charge >= 0.3 is 0 Å². The normalized spacial score (nSPS) is 19.6. The molecule has 0 amide bonds. The predicted molar refractivity (Wildman–Crippen MR) is 84.4 cm³/mol. The zero-order valence-corrected chi connectivity index (χ0v) is 12.8. The van der Waals surface area contributed by atoms with Crippen molar-refractivity contribution >= 4 is 11.8 Å². The van der Waals surface area contributed by atoms with Crippen molar-refractivity contribution in [2.24, 2.45) is 0 Å². The number of thioether (sulfide) groups is 1. The first-order chi connectivity index (χ1) is 9.31. The van der Waals surface area contributed by atoms with E-state index in [4.69, 9.17) is 4.74 Å². The number of hydrogen-bond donors (Lipinski definition) is 1. The van der Waals surface area contributed by atoms with Crippen molar-refractivity contribution in [3.8, 4) is 5.75 Å².